The first-order valence-corrected chi connectivity index (χ1v) is 5.15. The molecule has 0 saturated heterocycles. The van der Waals surface area contributed by atoms with Crippen LogP contribution in [0.2, 0.25) is 0 Å². The lowest BCUT2D eigenvalue weighted by Crippen LogP contribution is -2.25. The second kappa shape index (κ2) is 4.06. The van der Waals surface area contributed by atoms with Crippen molar-refractivity contribution in [2.45, 2.75) is 46.5 Å². The lowest BCUT2D eigenvalue weighted by Gasteiger charge is -2.26. The summed E-state index contributed by atoms with van der Waals surface area (Å²) in [4.78, 5) is 11.6. The normalized spacial score (nSPS) is 30.7. The second-order valence-corrected chi connectivity index (χ2v) is 4.53. The third-order valence-electron chi connectivity index (χ3n) is 2.91. The third-order valence-corrected chi connectivity index (χ3v) is 2.91. The molecule has 70 valence electrons. The number of hydrogen-bond donors (Lipinski definition) is 0. The predicted molar refractivity (Wildman–Crippen MR) is 51.0 cm³/mol. The van der Waals surface area contributed by atoms with Crippen molar-refractivity contribution in [3.8, 4) is 0 Å². The standard InChI is InChI=1S/C11H20O/c1-8(2)11(12)10-6-4-5-9(3)7-10/h8-10H,4-7H2,1-3H3. The van der Waals surface area contributed by atoms with E-state index in [9.17, 15) is 4.79 Å². The molecule has 2 unspecified atom stereocenters. The van der Waals surface area contributed by atoms with Crippen LogP contribution in [-0.4, -0.2) is 5.78 Å². The molecular formula is C11H20O. The topological polar surface area (TPSA) is 17.1 Å². The number of carbonyl (C=O) groups excluding carboxylic acids is 1. The van der Waals surface area contributed by atoms with Gasteiger partial charge in [0.15, 0.2) is 0 Å². The minimum absolute atomic E-state index is 0.236. The molecule has 0 bridgehead atoms. The van der Waals surface area contributed by atoms with E-state index in [1.165, 1.54) is 12.8 Å². The van der Waals surface area contributed by atoms with Crippen molar-refractivity contribution in [2.24, 2.45) is 17.8 Å². The van der Waals surface area contributed by atoms with E-state index in [0.717, 1.165) is 18.8 Å². The Kier molecular flexibility index (Phi) is 3.30. The average Bonchev–Trinajstić information content (AvgIpc) is 2.03. The molecule has 1 fully saturated rings. The van der Waals surface area contributed by atoms with Gasteiger partial charge in [-0.25, -0.2) is 0 Å². The first-order valence-electron chi connectivity index (χ1n) is 5.15. The van der Waals surface area contributed by atoms with Gasteiger partial charge in [0.1, 0.15) is 5.78 Å². The lowest BCUT2D eigenvalue weighted by molar-refractivity contribution is -0.127. The number of ketones is 1. The van der Waals surface area contributed by atoms with Crippen LogP contribution in [0.5, 0.6) is 0 Å². The molecule has 2 atom stereocenters. The van der Waals surface area contributed by atoms with Crippen LogP contribution in [0.25, 0.3) is 0 Å². The molecule has 0 heterocycles. The molecule has 1 aliphatic carbocycles. The molecule has 1 nitrogen and oxygen atoms in total. The molecule has 1 rings (SSSR count). The minimum atomic E-state index is 0.236. The highest BCUT2D eigenvalue weighted by Gasteiger charge is 2.26. The van der Waals surface area contributed by atoms with Gasteiger partial charge in [0.05, 0.1) is 0 Å². The van der Waals surface area contributed by atoms with Gasteiger partial charge < -0.3 is 0 Å². The lowest BCUT2D eigenvalue weighted by atomic mass is 9.78. The summed E-state index contributed by atoms with van der Waals surface area (Å²) in [6.07, 6.45) is 4.85. The van der Waals surface area contributed by atoms with E-state index in [-0.39, 0.29) is 5.92 Å². The molecule has 12 heavy (non-hydrogen) atoms. The SMILES string of the molecule is CC1CCCC(C(=O)C(C)C)C1. The fourth-order valence-corrected chi connectivity index (χ4v) is 2.16. The molecule has 0 radical (unpaired) electrons. The van der Waals surface area contributed by atoms with Gasteiger partial charge in [-0.3, -0.25) is 4.79 Å². The van der Waals surface area contributed by atoms with Gasteiger partial charge in [-0.1, -0.05) is 33.6 Å². The Morgan fingerprint density at radius 1 is 1.33 bits per heavy atom. The largest absolute Gasteiger partial charge is 0.299 e. The van der Waals surface area contributed by atoms with E-state index >= 15 is 0 Å². The van der Waals surface area contributed by atoms with Crippen LogP contribution in [0.4, 0.5) is 0 Å². The Labute approximate surface area is 75.5 Å². The van der Waals surface area contributed by atoms with Crippen LogP contribution in [0, 0.1) is 17.8 Å². The monoisotopic (exact) mass is 168 g/mol. The summed E-state index contributed by atoms with van der Waals surface area (Å²) in [5.41, 5.74) is 0. The zero-order chi connectivity index (χ0) is 9.14. The highest BCUT2D eigenvalue weighted by atomic mass is 16.1. The van der Waals surface area contributed by atoms with Crippen LogP contribution >= 0.6 is 0 Å². The Hall–Kier alpha value is -0.330. The van der Waals surface area contributed by atoms with Crippen molar-refractivity contribution in [3.63, 3.8) is 0 Å². The first kappa shape index (κ1) is 9.76. The Bertz CT molecular complexity index is 160. The average molecular weight is 168 g/mol. The molecule has 0 aliphatic heterocycles. The van der Waals surface area contributed by atoms with Gasteiger partial charge in [-0.15, -0.1) is 0 Å². The Balaban J connectivity index is 2.46. The molecule has 0 spiro atoms. The fraction of sp³-hybridized carbons (Fsp3) is 0.909. The highest BCUT2D eigenvalue weighted by molar-refractivity contribution is 5.82. The summed E-state index contributed by atoms with van der Waals surface area (Å²) < 4.78 is 0. The highest BCUT2D eigenvalue weighted by Crippen LogP contribution is 2.30. The van der Waals surface area contributed by atoms with Crippen LogP contribution in [0.1, 0.15) is 46.5 Å². The van der Waals surface area contributed by atoms with E-state index in [0.29, 0.717) is 11.7 Å². The molecule has 1 heteroatoms. The van der Waals surface area contributed by atoms with Crippen LogP contribution in [0.15, 0.2) is 0 Å². The quantitative estimate of drug-likeness (QED) is 0.619. The van der Waals surface area contributed by atoms with E-state index in [4.69, 9.17) is 0 Å². The zero-order valence-corrected chi connectivity index (χ0v) is 8.47. The fourth-order valence-electron chi connectivity index (χ4n) is 2.16. The molecular weight excluding hydrogens is 148 g/mol. The molecule has 1 aliphatic rings. The summed E-state index contributed by atoms with van der Waals surface area (Å²) in [6.45, 7) is 6.29. The molecule has 0 N–H and O–H groups in total. The third kappa shape index (κ3) is 2.33. The molecule has 0 amide bonds. The maximum absolute atomic E-state index is 11.6. The Morgan fingerprint density at radius 2 is 2.00 bits per heavy atom. The van der Waals surface area contributed by atoms with Crippen LogP contribution < -0.4 is 0 Å². The summed E-state index contributed by atoms with van der Waals surface area (Å²) >= 11 is 0. The molecule has 1 saturated carbocycles. The van der Waals surface area contributed by atoms with Crippen LogP contribution in [0.3, 0.4) is 0 Å². The number of Topliss-reactive ketones (excluding diaryl/α,β-unsaturated/α-hetero) is 1. The number of carbonyl (C=O) groups is 1. The molecule has 0 aromatic heterocycles. The van der Waals surface area contributed by atoms with Crippen LogP contribution in [-0.2, 0) is 4.79 Å². The summed E-state index contributed by atoms with van der Waals surface area (Å²) in [5.74, 6) is 1.88. The van der Waals surface area contributed by atoms with E-state index in [1.807, 2.05) is 13.8 Å². The van der Waals surface area contributed by atoms with E-state index in [2.05, 4.69) is 6.92 Å². The predicted octanol–water partition coefficient (Wildman–Crippen LogP) is 3.04. The van der Waals surface area contributed by atoms with Gasteiger partial charge in [-0.2, -0.15) is 0 Å². The minimum Gasteiger partial charge on any atom is -0.299 e. The van der Waals surface area contributed by atoms with Crippen molar-refractivity contribution in [1.29, 1.82) is 0 Å². The van der Waals surface area contributed by atoms with Gasteiger partial charge in [-0.05, 0) is 18.8 Å². The summed E-state index contributed by atoms with van der Waals surface area (Å²) in [6, 6.07) is 0. The molecule has 0 aromatic carbocycles. The van der Waals surface area contributed by atoms with Crippen molar-refractivity contribution in [2.75, 3.05) is 0 Å². The van der Waals surface area contributed by atoms with Crippen molar-refractivity contribution in [3.05, 3.63) is 0 Å². The van der Waals surface area contributed by atoms with Crippen molar-refractivity contribution < 1.29 is 4.79 Å². The van der Waals surface area contributed by atoms with Gasteiger partial charge in [0.25, 0.3) is 0 Å². The number of rotatable bonds is 2. The number of hydrogen-bond acceptors (Lipinski definition) is 1. The maximum atomic E-state index is 11.6. The second-order valence-electron chi connectivity index (χ2n) is 4.53. The van der Waals surface area contributed by atoms with Gasteiger partial charge >= 0.3 is 0 Å². The van der Waals surface area contributed by atoms with Gasteiger partial charge in [0, 0.05) is 11.8 Å². The van der Waals surface area contributed by atoms with E-state index < -0.39 is 0 Å². The first-order chi connectivity index (χ1) is 5.61. The summed E-state index contributed by atoms with van der Waals surface area (Å²) in [5, 5.41) is 0. The van der Waals surface area contributed by atoms with Crippen molar-refractivity contribution >= 4 is 5.78 Å². The Morgan fingerprint density at radius 3 is 2.50 bits per heavy atom. The maximum Gasteiger partial charge on any atom is 0.138 e. The smallest absolute Gasteiger partial charge is 0.138 e. The van der Waals surface area contributed by atoms with E-state index in [1.54, 1.807) is 0 Å². The van der Waals surface area contributed by atoms with Gasteiger partial charge in [0.2, 0.25) is 0 Å². The zero-order valence-electron chi connectivity index (χ0n) is 8.47. The summed E-state index contributed by atoms with van der Waals surface area (Å²) in [7, 11) is 0. The molecule has 0 aromatic rings. The van der Waals surface area contributed by atoms with Crippen molar-refractivity contribution in [1.82, 2.24) is 0 Å².